The smallest absolute Gasteiger partial charge is 1.00 e. The summed E-state index contributed by atoms with van der Waals surface area (Å²) < 4.78 is 1.57. The molecule has 0 aliphatic heterocycles. The summed E-state index contributed by atoms with van der Waals surface area (Å²) in [6.07, 6.45) is 5.65. The molecule has 0 heterocycles. The predicted molar refractivity (Wildman–Crippen MR) is 51.9 cm³/mol. The number of halogens is 2. The van der Waals surface area contributed by atoms with Crippen LogP contribution in [0, 0.1) is 6.92 Å². The Balaban J connectivity index is 0.000000980. The summed E-state index contributed by atoms with van der Waals surface area (Å²) in [5.74, 6) is 0. The zero-order valence-electron chi connectivity index (χ0n) is 8.43. The molecule has 0 spiro atoms. The number of benzene rings is 1. The van der Waals surface area contributed by atoms with Crippen molar-refractivity contribution in [3.63, 3.8) is 0 Å². The van der Waals surface area contributed by atoms with Crippen LogP contribution in [-0.4, -0.2) is 0 Å². The van der Waals surface area contributed by atoms with Crippen LogP contribution < -0.4 is 24.8 Å². The van der Waals surface area contributed by atoms with Crippen LogP contribution >= 0.6 is 0 Å². The Hall–Kier alpha value is 0.163. The van der Waals surface area contributed by atoms with Crippen molar-refractivity contribution in [3.8, 4) is 0 Å². The minimum absolute atomic E-state index is 0. The van der Waals surface area contributed by atoms with Gasteiger partial charge in [0.1, 0.15) is 0 Å². The van der Waals surface area contributed by atoms with Gasteiger partial charge in [-0.15, -0.1) is 0 Å². The van der Waals surface area contributed by atoms with Crippen molar-refractivity contribution < 1.29 is 49.5 Å². The maximum atomic E-state index is 2.26. The second kappa shape index (κ2) is 6.68. The number of aryl methyl sites for hydroxylation is 1. The molecule has 0 nitrogen and oxygen atoms in total. The maximum absolute atomic E-state index is 2.26. The van der Waals surface area contributed by atoms with Gasteiger partial charge in [-0.3, -0.25) is 0 Å². The van der Waals surface area contributed by atoms with Gasteiger partial charge in [0.05, 0.1) is 0 Å². The number of rotatable bonds is 1. The van der Waals surface area contributed by atoms with Crippen LogP contribution in [0.2, 0.25) is 0 Å². The second-order valence-electron chi connectivity index (χ2n) is 3.37. The van der Waals surface area contributed by atoms with Crippen molar-refractivity contribution in [3.05, 3.63) is 50.8 Å². The van der Waals surface area contributed by atoms with Gasteiger partial charge in [0, 0.05) is 0 Å². The zero-order chi connectivity index (χ0) is 9.26. The first-order chi connectivity index (χ1) is 6.27. The van der Waals surface area contributed by atoms with Gasteiger partial charge in [-0.25, -0.2) is 0 Å². The summed E-state index contributed by atoms with van der Waals surface area (Å²) in [4.78, 5) is 0. The first-order valence-electron chi connectivity index (χ1n) is 4.46. The van der Waals surface area contributed by atoms with Crippen LogP contribution in [0.3, 0.4) is 0 Å². The molecule has 0 saturated carbocycles. The van der Waals surface area contributed by atoms with Crippen LogP contribution in [0.5, 0.6) is 0 Å². The first kappa shape index (κ1) is 15.2. The fourth-order valence-electron chi connectivity index (χ4n) is 1.59. The number of allylic oxidation sites excluding steroid dienone is 4. The molecule has 0 radical (unpaired) electrons. The van der Waals surface area contributed by atoms with Gasteiger partial charge in [0.15, 0.2) is 0 Å². The molecule has 0 atom stereocenters. The third-order valence-corrected chi connectivity index (χ3v) is 3.42. The summed E-state index contributed by atoms with van der Waals surface area (Å²) in [5.41, 5.74) is 4.16. The molecule has 3 heteroatoms. The molecule has 0 fully saturated rings. The van der Waals surface area contributed by atoms with Crippen molar-refractivity contribution >= 4 is 5.57 Å². The Kier molecular flexibility index (Phi) is 6.76. The van der Waals surface area contributed by atoms with E-state index in [0.29, 0.717) is 0 Å². The van der Waals surface area contributed by atoms with Crippen LogP contribution in [0.15, 0.2) is 39.7 Å². The summed E-state index contributed by atoms with van der Waals surface area (Å²) in [6.45, 7) is 2.14. The number of hydrogen-bond donors (Lipinski definition) is 0. The van der Waals surface area contributed by atoms with E-state index < -0.39 is 0 Å². The van der Waals surface area contributed by atoms with Crippen molar-refractivity contribution in [2.24, 2.45) is 0 Å². The Morgan fingerprint density at radius 3 is 2.47 bits per heavy atom. The molecule has 0 unspecified atom stereocenters. The molecule has 0 N–H and O–H groups in total. The molecule has 15 heavy (non-hydrogen) atoms. The fraction of sp³-hybridized carbons (Fsp3) is 0.167. The van der Waals surface area contributed by atoms with Crippen molar-refractivity contribution in [2.75, 3.05) is 0 Å². The van der Waals surface area contributed by atoms with Crippen LogP contribution in [0.25, 0.3) is 5.57 Å². The van der Waals surface area contributed by atoms with Gasteiger partial charge in [-0.05, 0) is 0 Å². The van der Waals surface area contributed by atoms with E-state index in [1.807, 2.05) is 0 Å². The fourth-order valence-corrected chi connectivity index (χ4v) is 2.44. The van der Waals surface area contributed by atoms with E-state index in [1.165, 1.54) is 16.7 Å². The van der Waals surface area contributed by atoms with Gasteiger partial charge in [0.2, 0.25) is 0 Å². The molecule has 77 valence electrons. The van der Waals surface area contributed by atoms with Crippen molar-refractivity contribution in [1.29, 1.82) is 0 Å². The molecular formula is C12H11Cl2Zr. The summed E-state index contributed by atoms with van der Waals surface area (Å²) in [7, 11) is 0. The molecule has 1 aromatic carbocycles. The maximum Gasteiger partial charge on any atom is -1.00 e. The van der Waals surface area contributed by atoms with Crippen LogP contribution in [0.1, 0.15) is 17.5 Å². The summed E-state index contributed by atoms with van der Waals surface area (Å²) in [6, 6.07) is 8.73. The first-order valence-corrected chi connectivity index (χ1v) is 5.68. The van der Waals surface area contributed by atoms with Gasteiger partial charge < -0.3 is 24.8 Å². The van der Waals surface area contributed by atoms with E-state index in [0.717, 1.165) is 6.42 Å². The number of hydrogen-bond acceptors (Lipinski definition) is 0. The van der Waals surface area contributed by atoms with Crippen LogP contribution in [-0.2, 0) is 24.7 Å². The van der Waals surface area contributed by atoms with Gasteiger partial charge >= 0.3 is 94.5 Å². The predicted octanol–water partition coefficient (Wildman–Crippen LogP) is -2.78. The SMILES string of the molecule is Cc1cccc(C2=[C]([Zr+2])CC=C2)c1.[Cl-].[Cl-]. The summed E-state index contributed by atoms with van der Waals surface area (Å²) >= 11 is 1.55. The second-order valence-corrected chi connectivity index (χ2v) is 4.85. The molecule has 1 aliphatic rings. The van der Waals surface area contributed by atoms with Gasteiger partial charge in [-0.1, -0.05) is 0 Å². The monoisotopic (exact) mass is 315 g/mol. The van der Waals surface area contributed by atoms with Crippen LogP contribution in [0.4, 0.5) is 0 Å². The molecule has 1 aromatic rings. The molecule has 0 amide bonds. The molecule has 0 bridgehead atoms. The third kappa shape index (κ3) is 3.59. The Bertz CT molecular complexity index is 394. The molecule has 0 aromatic heterocycles. The minimum atomic E-state index is 0. The molecular weight excluding hydrogens is 306 g/mol. The third-order valence-electron chi connectivity index (χ3n) is 2.26. The topological polar surface area (TPSA) is 0 Å². The van der Waals surface area contributed by atoms with E-state index in [1.54, 1.807) is 28.0 Å². The van der Waals surface area contributed by atoms with E-state index in [2.05, 4.69) is 43.3 Å². The molecule has 1 aliphatic carbocycles. The Morgan fingerprint density at radius 1 is 1.20 bits per heavy atom. The van der Waals surface area contributed by atoms with E-state index in [4.69, 9.17) is 0 Å². The average molecular weight is 317 g/mol. The Morgan fingerprint density at radius 2 is 1.93 bits per heavy atom. The molecule has 0 saturated heterocycles. The molecule has 2 rings (SSSR count). The largest absolute Gasteiger partial charge is 1.00 e. The van der Waals surface area contributed by atoms with E-state index >= 15 is 0 Å². The van der Waals surface area contributed by atoms with Crippen molar-refractivity contribution in [2.45, 2.75) is 13.3 Å². The standard InChI is InChI=1S/C12H11.2ClH.Zr/c1-10-5-4-8-12(9-10)11-6-2-3-7-11;;;/h2,4-6,8-9H,3H2,1H3;2*1H;/q;;;+2/p-2. The van der Waals surface area contributed by atoms with E-state index in [9.17, 15) is 0 Å². The van der Waals surface area contributed by atoms with Crippen molar-refractivity contribution in [1.82, 2.24) is 0 Å². The normalized spacial score (nSPS) is 13.5. The quantitative estimate of drug-likeness (QED) is 0.526. The Labute approximate surface area is 119 Å². The van der Waals surface area contributed by atoms with E-state index in [-0.39, 0.29) is 24.8 Å². The zero-order valence-corrected chi connectivity index (χ0v) is 12.4. The summed E-state index contributed by atoms with van der Waals surface area (Å²) in [5, 5.41) is 0. The van der Waals surface area contributed by atoms with Gasteiger partial charge in [-0.2, -0.15) is 0 Å². The van der Waals surface area contributed by atoms with Gasteiger partial charge in [0.25, 0.3) is 0 Å². The average Bonchev–Trinajstić information content (AvgIpc) is 2.51. The minimum Gasteiger partial charge on any atom is -1.00 e.